The number of nitriles is 1. The van der Waals surface area contributed by atoms with Gasteiger partial charge in [-0.15, -0.1) is 0 Å². The lowest BCUT2D eigenvalue weighted by atomic mass is 10.2. The summed E-state index contributed by atoms with van der Waals surface area (Å²) in [7, 11) is 0. The summed E-state index contributed by atoms with van der Waals surface area (Å²) < 4.78 is 14.9. The average Bonchev–Trinajstić information content (AvgIpc) is 2.92. The Balaban J connectivity index is 2.13. The first kappa shape index (κ1) is 13.2. The third-order valence-corrected chi connectivity index (χ3v) is 5.03. The van der Waals surface area contributed by atoms with Crippen LogP contribution in [0.25, 0.3) is 10.9 Å². The van der Waals surface area contributed by atoms with Gasteiger partial charge in [-0.3, -0.25) is 0 Å². The molecule has 3 aromatic rings. The van der Waals surface area contributed by atoms with Crippen molar-refractivity contribution in [2.45, 2.75) is 9.79 Å². The topological polar surface area (TPSA) is 52.5 Å². The Morgan fingerprint density at radius 1 is 1.40 bits per heavy atom. The zero-order valence-electron chi connectivity index (χ0n) is 10.0. The second-order valence-electron chi connectivity index (χ2n) is 4.00. The van der Waals surface area contributed by atoms with Gasteiger partial charge in [-0.1, -0.05) is 11.8 Å². The number of hydrogen-bond donors (Lipinski definition) is 1. The van der Waals surface area contributed by atoms with E-state index >= 15 is 0 Å². The van der Waals surface area contributed by atoms with Crippen LogP contribution < -0.4 is 0 Å². The quantitative estimate of drug-likeness (QED) is 0.743. The van der Waals surface area contributed by atoms with E-state index in [-0.39, 0.29) is 11.5 Å². The third kappa shape index (κ3) is 2.19. The number of hydrogen-bond acceptors (Lipinski definition) is 3. The molecule has 0 bridgehead atoms. The molecule has 0 atom stereocenters. The molecule has 2 heterocycles. The van der Waals surface area contributed by atoms with Gasteiger partial charge in [-0.2, -0.15) is 5.26 Å². The molecule has 0 fully saturated rings. The smallest absolute Gasteiger partial charge is 0.154 e. The summed E-state index contributed by atoms with van der Waals surface area (Å²) >= 11 is 4.62. The minimum absolute atomic E-state index is 0.290. The van der Waals surface area contributed by atoms with E-state index in [1.165, 1.54) is 17.8 Å². The van der Waals surface area contributed by atoms with Gasteiger partial charge in [0.1, 0.15) is 11.9 Å². The van der Waals surface area contributed by atoms with Crippen LogP contribution in [0.1, 0.15) is 5.69 Å². The molecule has 1 aromatic carbocycles. The molecular formula is C14H7BrFN3S. The molecule has 0 aliphatic rings. The standard InChI is InChI=1S/C14H7BrFN3S/c15-13-8-3-5-19-10(8)6-9(16)14(13)20-12-2-1-4-18-11(12)7-17/h1-6,19H. The van der Waals surface area contributed by atoms with E-state index in [1.54, 1.807) is 24.5 Å². The first-order chi connectivity index (χ1) is 9.70. The first-order valence-corrected chi connectivity index (χ1v) is 7.29. The second-order valence-corrected chi connectivity index (χ2v) is 5.85. The number of aromatic nitrogens is 2. The molecule has 98 valence electrons. The van der Waals surface area contributed by atoms with Crippen LogP contribution in [0.4, 0.5) is 4.39 Å². The molecule has 3 nitrogen and oxygen atoms in total. The van der Waals surface area contributed by atoms with Gasteiger partial charge in [0.2, 0.25) is 0 Å². The van der Waals surface area contributed by atoms with E-state index in [4.69, 9.17) is 5.26 Å². The molecule has 1 N–H and O–H groups in total. The van der Waals surface area contributed by atoms with E-state index in [2.05, 4.69) is 25.9 Å². The van der Waals surface area contributed by atoms with Gasteiger partial charge >= 0.3 is 0 Å². The zero-order valence-corrected chi connectivity index (χ0v) is 12.4. The van der Waals surface area contributed by atoms with Crippen molar-refractivity contribution in [3.05, 3.63) is 52.6 Å². The van der Waals surface area contributed by atoms with Gasteiger partial charge in [-0.25, -0.2) is 9.37 Å². The van der Waals surface area contributed by atoms with Crippen molar-refractivity contribution < 1.29 is 4.39 Å². The summed E-state index contributed by atoms with van der Waals surface area (Å²) in [5.74, 6) is -0.343. The van der Waals surface area contributed by atoms with Crippen molar-refractivity contribution in [1.29, 1.82) is 5.26 Å². The highest BCUT2D eigenvalue weighted by atomic mass is 79.9. The number of halogens is 2. The molecule has 0 aliphatic carbocycles. The van der Waals surface area contributed by atoms with Crippen molar-refractivity contribution in [2.75, 3.05) is 0 Å². The van der Waals surface area contributed by atoms with Gasteiger partial charge < -0.3 is 4.98 Å². The van der Waals surface area contributed by atoms with Gasteiger partial charge in [0.25, 0.3) is 0 Å². The lowest BCUT2D eigenvalue weighted by molar-refractivity contribution is 0.602. The fourth-order valence-electron chi connectivity index (χ4n) is 1.87. The Morgan fingerprint density at radius 2 is 2.25 bits per heavy atom. The van der Waals surface area contributed by atoms with Crippen molar-refractivity contribution >= 4 is 38.6 Å². The summed E-state index contributed by atoms with van der Waals surface area (Å²) in [6.07, 6.45) is 3.30. The number of nitrogens with zero attached hydrogens (tertiary/aromatic N) is 2. The Labute approximate surface area is 127 Å². The number of aromatic amines is 1. The van der Waals surface area contributed by atoms with E-state index < -0.39 is 0 Å². The number of rotatable bonds is 2. The van der Waals surface area contributed by atoms with Crippen molar-refractivity contribution in [1.82, 2.24) is 9.97 Å². The molecule has 0 aliphatic heterocycles. The normalized spacial score (nSPS) is 10.7. The summed E-state index contributed by atoms with van der Waals surface area (Å²) in [4.78, 5) is 8.03. The molecule has 0 radical (unpaired) electrons. The van der Waals surface area contributed by atoms with E-state index in [0.717, 1.165) is 10.9 Å². The van der Waals surface area contributed by atoms with Crippen LogP contribution in [0.5, 0.6) is 0 Å². The van der Waals surface area contributed by atoms with Crippen LogP contribution in [0.3, 0.4) is 0 Å². The number of benzene rings is 1. The largest absolute Gasteiger partial charge is 0.361 e. The highest BCUT2D eigenvalue weighted by Gasteiger charge is 2.15. The minimum Gasteiger partial charge on any atom is -0.361 e. The lowest BCUT2D eigenvalue weighted by Gasteiger charge is -2.08. The monoisotopic (exact) mass is 347 g/mol. The molecule has 2 aromatic heterocycles. The van der Waals surface area contributed by atoms with Crippen LogP contribution in [-0.2, 0) is 0 Å². The van der Waals surface area contributed by atoms with E-state index in [1.807, 2.05) is 12.1 Å². The van der Waals surface area contributed by atoms with E-state index in [0.29, 0.717) is 14.3 Å². The maximum Gasteiger partial charge on any atom is 0.154 e. The predicted octanol–water partition coefficient (Wildman–Crippen LogP) is 4.49. The molecule has 0 unspecified atom stereocenters. The molecule has 6 heteroatoms. The molecule has 20 heavy (non-hydrogen) atoms. The number of nitrogens with one attached hydrogen (secondary N) is 1. The summed E-state index contributed by atoms with van der Waals surface area (Å²) in [5.41, 5.74) is 1.02. The third-order valence-electron chi connectivity index (χ3n) is 2.79. The van der Waals surface area contributed by atoms with Crippen LogP contribution in [-0.4, -0.2) is 9.97 Å². The number of fused-ring (bicyclic) bond motifs is 1. The summed E-state index contributed by atoms with van der Waals surface area (Å²) in [6, 6.07) is 8.81. The minimum atomic E-state index is -0.343. The predicted molar refractivity (Wildman–Crippen MR) is 79.0 cm³/mol. The van der Waals surface area contributed by atoms with Gasteiger partial charge in [-0.05, 0) is 40.2 Å². The SMILES string of the molecule is N#Cc1ncccc1Sc1c(F)cc2[nH]ccc2c1Br. The molecule has 0 spiro atoms. The Morgan fingerprint density at radius 3 is 3.05 bits per heavy atom. The van der Waals surface area contributed by atoms with Crippen LogP contribution >= 0.6 is 27.7 Å². The maximum absolute atomic E-state index is 14.2. The first-order valence-electron chi connectivity index (χ1n) is 5.69. The molecular weight excluding hydrogens is 341 g/mol. The van der Waals surface area contributed by atoms with E-state index in [9.17, 15) is 4.39 Å². The molecule has 0 saturated carbocycles. The Hall–Kier alpha value is -1.84. The van der Waals surface area contributed by atoms with Gasteiger partial charge in [0.15, 0.2) is 5.69 Å². The molecule has 3 rings (SSSR count). The fourth-order valence-corrected chi connectivity index (χ4v) is 3.57. The Bertz CT molecular complexity index is 838. The lowest BCUT2D eigenvalue weighted by Crippen LogP contribution is -1.89. The van der Waals surface area contributed by atoms with Crippen molar-refractivity contribution in [3.8, 4) is 6.07 Å². The highest BCUT2D eigenvalue weighted by Crippen LogP contribution is 2.40. The second kappa shape index (κ2) is 5.27. The Kier molecular flexibility index (Phi) is 3.47. The van der Waals surface area contributed by atoms with Crippen LogP contribution in [0.2, 0.25) is 0 Å². The molecule has 0 amide bonds. The van der Waals surface area contributed by atoms with Gasteiger partial charge in [0.05, 0.1) is 4.90 Å². The number of pyridine rings is 1. The maximum atomic E-state index is 14.2. The van der Waals surface area contributed by atoms with Crippen molar-refractivity contribution in [3.63, 3.8) is 0 Å². The summed E-state index contributed by atoms with van der Waals surface area (Å²) in [6.45, 7) is 0. The number of H-pyrrole nitrogens is 1. The van der Waals surface area contributed by atoms with Crippen LogP contribution in [0.15, 0.2) is 50.9 Å². The van der Waals surface area contributed by atoms with Crippen molar-refractivity contribution in [2.24, 2.45) is 0 Å². The highest BCUT2D eigenvalue weighted by molar-refractivity contribution is 9.10. The average molecular weight is 348 g/mol. The fraction of sp³-hybridized carbons (Fsp3) is 0. The van der Waals surface area contributed by atoms with Gasteiger partial charge in [0, 0.05) is 32.7 Å². The summed E-state index contributed by atoms with van der Waals surface area (Å²) in [5, 5.41) is 9.94. The van der Waals surface area contributed by atoms with Crippen LogP contribution in [0, 0.1) is 17.1 Å². The molecule has 0 saturated heterocycles. The zero-order chi connectivity index (χ0) is 14.1.